The van der Waals surface area contributed by atoms with Crippen LogP contribution in [0.3, 0.4) is 0 Å². The summed E-state index contributed by atoms with van der Waals surface area (Å²) in [5, 5.41) is 9.94. The van der Waals surface area contributed by atoms with E-state index in [4.69, 9.17) is 4.74 Å². The average molecular weight is 331 g/mol. The fourth-order valence-corrected chi connectivity index (χ4v) is 4.04. The molecule has 24 heavy (non-hydrogen) atoms. The summed E-state index contributed by atoms with van der Waals surface area (Å²) in [6.45, 7) is 4.28. The quantitative estimate of drug-likeness (QED) is 0.872. The number of methoxy groups -OCH3 is 1. The van der Waals surface area contributed by atoms with Crippen molar-refractivity contribution in [3.05, 3.63) is 35.4 Å². The lowest BCUT2D eigenvalue weighted by atomic mass is 9.77. The first-order valence-corrected chi connectivity index (χ1v) is 9.02. The van der Waals surface area contributed by atoms with Gasteiger partial charge in [-0.1, -0.05) is 29.8 Å². The zero-order valence-electron chi connectivity index (χ0n) is 14.9. The molecular weight excluding hydrogens is 302 g/mol. The van der Waals surface area contributed by atoms with Crippen LogP contribution < -0.4 is 0 Å². The fraction of sp³-hybridized carbons (Fsp3) is 0.650. The van der Waals surface area contributed by atoms with E-state index in [1.165, 1.54) is 5.56 Å². The largest absolute Gasteiger partial charge is 0.396 e. The molecule has 1 saturated heterocycles. The Bertz CT molecular complexity index is 579. The first-order chi connectivity index (χ1) is 11.6. The molecule has 0 radical (unpaired) electrons. The van der Waals surface area contributed by atoms with Crippen molar-refractivity contribution in [3.63, 3.8) is 0 Å². The molecule has 1 N–H and O–H groups in total. The highest BCUT2D eigenvalue weighted by atomic mass is 16.5. The molecule has 0 aromatic heterocycles. The number of aliphatic hydroxyl groups excluding tert-OH is 1. The maximum Gasteiger partial charge on any atom is 0.233 e. The number of benzene rings is 1. The van der Waals surface area contributed by atoms with Crippen LogP contribution in [0.25, 0.3) is 0 Å². The Morgan fingerprint density at radius 3 is 2.54 bits per heavy atom. The van der Waals surface area contributed by atoms with Crippen LogP contribution in [0.4, 0.5) is 0 Å². The normalized spacial score (nSPS) is 25.5. The molecule has 1 heterocycles. The van der Waals surface area contributed by atoms with E-state index in [0.717, 1.165) is 44.2 Å². The molecule has 1 aliphatic carbocycles. The molecule has 1 aromatic rings. The predicted molar refractivity (Wildman–Crippen MR) is 93.9 cm³/mol. The van der Waals surface area contributed by atoms with Gasteiger partial charge in [0.1, 0.15) is 0 Å². The number of carbonyl (C=O) groups is 1. The van der Waals surface area contributed by atoms with E-state index in [1.54, 1.807) is 7.11 Å². The van der Waals surface area contributed by atoms with Crippen molar-refractivity contribution in [1.29, 1.82) is 0 Å². The fourth-order valence-electron chi connectivity index (χ4n) is 4.04. The molecule has 3 rings (SSSR count). The summed E-state index contributed by atoms with van der Waals surface area (Å²) in [7, 11) is 1.69. The van der Waals surface area contributed by atoms with Crippen molar-refractivity contribution in [3.8, 4) is 0 Å². The molecule has 1 saturated carbocycles. The third-order valence-corrected chi connectivity index (χ3v) is 5.88. The summed E-state index contributed by atoms with van der Waals surface area (Å²) < 4.78 is 5.21. The monoisotopic (exact) mass is 331 g/mol. The number of ether oxygens (including phenoxy) is 1. The Morgan fingerprint density at radius 2 is 1.96 bits per heavy atom. The van der Waals surface area contributed by atoms with Crippen LogP contribution in [0, 0.1) is 12.3 Å². The number of aryl methyl sites for hydroxylation is 1. The van der Waals surface area contributed by atoms with Gasteiger partial charge in [0, 0.05) is 32.2 Å². The number of piperidine rings is 1. The van der Waals surface area contributed by atoms with Gasteiger partial charge in [0.15, 0.2) is 0 Å². The van der Waals surface area contributed by atoms with Crippen molar-refractivity contribution >= 4 is 5.91 Å². The number of carbonyl (C=O) groups excluding carboxylic acids is 1. The summed E-state index contributed by atoms with van der Waals surface area (Å²) in [6, 6.07) is 8.40. The van der Waals surface area contributed by atoms with Crippen LogP contribution in [0.5, 0.6) is 0 Å². The molecule has 0 unspecified atom stereocenters. The molecule has 1 amide bonds. The van der Waals surface area contributed by atoms with Gasteiger partial charge in [0.05, 0.1) is 12.0 Å². The zero-order valence-corrected chi connectivity index (χ0v) is 14.9. The van der Waals surface area contributed by atoms with Crippen molar-refractivity contribution in [1.82, 2.24) is 4.90 Å². The molecule has 2 aliphatic rings. The van der Waals surface area contributed by atoms with E-state index >= 15 is 0 Å². The van der Waals surface area contributed by atoms with Crippen LogP contribution in [-0.2, 0) is 14.9 Å². The Balaban J connectivity index is 1.75. The van der Waals surface area contributed by atoms with Crippen LogP contribution in [0.15, 0.2) is 24.3 Å². The minimum Gasteiger partial charge on any atom is -0.396 e. The second-order valence-electron chi connectivity index (χ2n) is 7.68. The maximum absolute atomic E-state index is 13.3. The summed E-state index contributed by atoms with van der Waals surface area (Å²) in [4.78, 5) is 15.3. The molecule has 4 heteroatoms. The van der Waals surface area contributed by atoms with E-state index in [0.29, 0.717) is 13.2 Å². The van der Waals surface area contributed by atoms with Crippen molar-refractivity contribution in [2.45, 2.75) is 44.4 Å². The lowest BCUT2D eigenvalue weighted by Crippen LogP contribution is -2.51. The molecule has 1 aromatic carbocycles. The van der Waals surface area contributed by atoms with Crippen molar-refractivity contribution in [2.75, 3.05) is 33.4 Å². The summed E-state index contributed by atoms with van der Waals surface area (Å²) in [5.74, 6) is 0.251. The molecular formula is C20H29NO3. The highest BCUT2D eigenvalue weighted by Crippen LogP contribution is 2.50. The van der Waals surface area contributed by atoms with E-state index in [1.807, 2.05) is 4.90 Å². The Labute approximate surface area is 144 Å². The van der Waals surface area contributed by atoms with Gasteiger partial charge in [0.2, 0.25) is 5.91 Å². The molecule has 1 atom stereocenters. The Kier molecular flexibility index (Phi) is 4.97. The molecule has 132 valence electrons. The van der Waals surface area contributed by atoms with Gasteiger partial charge < -0.3 is 14.7 Å². The van der Waals surface area contributed by atoms with Gasteiger partial charge >= 0.3 is 0 Å². The molecule has 0 spiro atoms. The third kappa shape index (κ3) is 3.22. The number of aliphatic hydroxyl groups is 1. The van der Waals surface area contributed by atoms with Gasteiger partial charge in [-0.25, -0.2) is 0 Å². The Hall–Kier alpha value is -1.39. The predicted octanol–water partition coefficient (Wildman–Crippen LogP) is 2.66. The molecule has 2 fully saturated rings. The Morgan fingerprint density at radius 1 is 1.25 bits per heavy atom. The number of amides is 1. The second kappa shape index (κ2) is 6.85. The van der Waals surface area contributed by atoms with E-state index in [9.17, 15) is 9.90 Å². The van der Waals surface area contributed by atoms with Crippen LogP contribution >= 0.6 is 0 Å². The highest BCUT2D eigenvalue weighted by molar-refractivity contribution is 5.91. The SMILES string of the molecule is COCC[C@@]1(CO)CCCN(C(=O)C2(c3ccc(C)cc3)CC2)C1. The summed E-state index contributed by atoms with van der Waals surface area (Å²) in [5.41, 5.74) is 1.86. The highest BCUT2D eigenvalue weighted by Gasteiger charge is 2.54. The lowest BCUT2D eigenvalue weighted by Gasteiger charge is -2.43. The molecule has 1 aliphatic heterocycles. The average Bonchev–Trinajstić information content (AvgIpc) is 3.42. The maximum atomic E-state index is 13.3. The van der Waals surface area contributed by atoms with Crippen LogP contribution in [0.1, 0.15) is 43.2 Å². The number of nitrogens with zero attached hydrogens (tertiary/aromatic N) is 1. The smallest absolute Gasteiger partial charge is 0.233 e. The van der Waals surface area contributed by atoms with Crippen molar-refractivity contribution in [2.24, 2.45) is 5.41 Å². The number of hydrogen-bond acceptors (Lipinski definition) is 3. The van der Waals surface area contributed by atoms with Gasteiger partial charge in [-0.15, -0.1) is 0 Å². The number of hydrogen-bond donors (Lipinski definition) is 1. The summed E-state index contributed by atoms with van der Waals surface area (Å²) in [6.07, 6.45) is 4.61. The van der Waals surface area contributed by atoms with E-state index < -0.39 is 0 Å². The van der Waals surface area contributed by atoms with Crippen molar-refractivity contribution < 1.29 is 14.6 Å². The van der Waals surface area contributed by atoms with Gasteiger partial charge in [0.25, 0.3) is 0 Å². The minimum absolute atomic E-state index is 0.123. The summed E-state index contributed by atoms with van der Waals surface area (Å²) >= 11 is 0. The van der Waals surface area contributed by atoms with Gasteiger partial charge in [-0.05, 0) is 44.6 Å². The van der Waals surface area contributed by atoms with E-state index in [2.05, 4.69) is 31.2 Å². The third-order valence-electron chi connectivity index (χ3n) is 5.88. The zero-order chi connectivity index (χ0) is 17.2. The van der Waals surface area contributed by atoms with Gasteiger partial charge in [-0.3, -0.25) is 4.79 Å². The number of likely N-dealkylation sites (tertiary alicyclic amines) is 1. The molecule has 0 bridgehead atoms. The first kappa shape index (κ1) is 17.4. The van der Waals surface area contributed by atoms with E-state index in [-0.39, 0.29) is 23.3 Å². The van der Waals surface area contributed by atoms with Crippen LogP contribution in [-0.4, -0.2) is 49.3 Å². The second-order valence-corrected chi connectivity index (χ2v) is 7.68. The minimum atomic E-state index is -0.312. The van der Waals surface area contributed by atoms with Gasteiger partial charge in [-0.2, -0.15) is 0 Å². The number of rotatable bonds is 6. The lowest BCUT2D eigenvalue weighted by molar-refractivity contribution is -0.138. The standard InChI is InChI=1S/C20H29NO3/c1-16-4-6-17(7-5-16)20(9-10-20)18(23)21-12-3-8-19(14-21,15-22)11-13-24-2/h4-7,22H,3,8-15H2,1-2H3/t19-/m0/s1. The topological polar surface area (TPSA) is 49.8 Å². The molecule has 4 nitrogen and oxygen atoms in total. The first-order valence-electron chi connectivity index (χ1n) is 9.02. The van der Waals surface area contributed by atoms with Crippen LogP contribution in [0.2, 0.25) is 0 Å².